The number of hydrogen-bond donors (Lipinski definition) is 1. The Morgan fingerprint density at radius 1 is 1.04 bits per heavy atom. The van der Waals surface area contributed by atoms with Crippen molar-refractivity contribution in [2.45, 2.75) is 0 Å². The molecular formula is C17H12F2N2O2. The summed E-state index contributed by atoms with van der Waals surface area (Å²) in [6.45, 7) is 0. The number of halogens is 2. The SMILES string of the molecule is Cn1c(=O)cc(C(=O)Nc2ccc(F)c(F)c2)c2ccccc21. The molecule has 0 aliphatic heterocycles. The van der Waals surface area contributed by atoms with Gasteiger partial charge in [-0.3, -0.25) is 9.59 Å². The molecular weight excluding hydrogens is 302 g/mol. The van der Waals surface area contributed by atoms with Gasteiger partial charge in [0.05, 0.1) is 11.1 Å². The minimum absolute atomic E-state index is 0.110. The second-order valence-electron chi connectivity index (χ2n) is 5.06. The van der Waals surface area contributed by atoms with E-state index in [2.05, 4.69) is 5.32 Å². The summed E-state index contributed by atoms with van der Waals surface area (Å²) in [4.78, 5) is 24.4. The van der Waals surface area contributed by atoms with E-state index in [-0.39, 0.29) is 16.8 Å². The summed E-state index contributed by atoms with van der Waals surface area (Å²) in [5.74, 6) is -2.62. The van der Waals surface area contributed by atoms with Gasteiger partial charge in [0.1, 0.15) is 0 Å². The number of anilines is 1. The molecule has 0 radical (unpaired) electrons. The maximum atomic E-state index is 13.2. The molecule has 0 saturated carbocycles. The van der Waals surface area contributed by atoms with Gasteiger partial charge in [-0.1, -0.05) is 18.2 Å². The van der Waals surface area contributed by atoms with Gasteiger partial charge in [-0.25, -0.2) is 8.78 Å². The van der Waals surface area contributed by atoms with Crippen LogP contribution in [0.15, 0.2) is 53.3 Å². The van der Waals surface area contributed by atoms with Crippen molar-refractivity contribution in [2.24, 2.45) is 7.05 Å². The van der Waals surface area contributed by atoms with Gasteiger partial charge in [0.25, 0.3) is 11.5 Å². The highest BCUT2D eigenvalue weighted by Gasteiger charge is 2.14. The molecule has 0 fully saturated rings. The molecule has 0 spiro atoms. The average molecular weight is 314 g/mol. The summed E-state index contributed by atoms with van der Waals surface area (Å²) >= 11 is 0. The summed E-state index contributed by atoms with van der Waals surface area (Å²) in [5.41, 5.74) is 0.557. The summed E-state index contributed by atoms with van der Waals surface area (Å²) < 4.78 is 27.6. The Balaban J connectivity index is 2.06. The first-order valence-electron chi connectivity index (χ1n) is 6.82. The smallest absolute Gasteiger partial charge is 0.256 e. The first-order chi connectivity index (χ1) is 11.0. The molecule has 3 aromatic rings. The van der Waals surface area contributed by atoms with Gasteiger partial charge in [0, 0.05) is 30.3 Å². The summed E-state index contributed by atoms with van der Waals surface area (Å²) in [6.07, 6.45) is 0. The second-order valence-corrected chi connectivity index (χ2v) is 5.06. The number of carbonyl (C=O) groups excluding carboxylic acids is 1. The van der Waals surface area contributed by atoms with Crippen LogP contribution in [0, 0.1) is 11.6 Å². The van der Waals surface area contributed by atoms with Crippen LogP contribution in [0.3, 0.4) is 0 Å². The van der Waals surface area contributed by atoms with Crippen LogP contribution < -0.4 is 10.9 Å². The van der Waals surface area contributed by atoms with E-state index in [0.29, 0.717) is 10.9 Å². The van der Waals surface area contributed by atoms with Crippen LogP contribution in [-0.2, 0) is 7.05 Å². The maximum absolute atomic E-state index is 13.2. The number of nitrogens with one attached hydrogen (secondary N) is 1. The van der Waals surface area contributed by atoms with Crippen molar-refractivity contribution in [3.63, 3.8) is 0 Å². The molecule has 3 rings (SSSR count). The number of amides is 1. The number of para-hydroxylation sites is 1. The summed E-state index contributed by atoms with van der Waals surface area (Å²) in [5, 5.41) is 3.06. The number of aromatic nitrogens is 1. The minimum atomic E-state index is -1.06. The number of nitrogens with zero attached hydrogens (tertiary/aromatic N) is 1. The van der Waals surface area contributed by atoms with E-state index in [4.69, 9.17) is 0 Å². The third kappa shape index (κ3) is 2.70. The van der Waals surface area contributed by atoms with Crippen molar-refractivity contribution in [2.75, 3.05) is 5.32 Å². The lowest BCUT2D eigenvalue weighted by Gasteiger charge is -2.10. The Bertz CT molecular complexity index is 980. The lowest BCUT2D eigenvalue weighted by molar-refractivity contribution is 0.102. The Morgan fingerprint density at radius 2 is 1.78 bits per heavy atom. The Hall–Kier alpha value is -3.02. The largest absolute Gasteiger partial charge is 0.322 e. The standard InChI is InChI=1S/C17H12F2N2O2/c1-21-15-5-3-2-4-11(15)12(9-16(21)22)17(23)20-10-6-7-13(18)14(19)8-10/h2-9H,1H3,(H,20,23). The highest BCUT2D eigenvalue weighted by Crippen LogP contribution is 2.19. The lowest BCUT2D eigenvalue weighted by Crippen LogP contribution is -2.21. The van der Waals surface area contributed by atoms with Crippen LogP contribution >= 0.6 is 0 Å². The molecule has 1 aromatic heterocycles. The molecule has 2 aromatic carbocycles. The molecule has 1 amide bonds. The Labute approximate surface area is 130 Å². The van der Waals surface area contributed by atoms with Gasteiger partial charge >= 0.3 is 0 Å². The average Bonchev–Trinajstić information content (AvgIpc) is 2.54. The van der Waals surface area contributed by atoms with Gasteiger partial charge < -0.3 is 9.88 Å². The van der Waals surface area contributed by atoms with Gasteiger partial charge in [0.15, 0.2) is 11.6 Å². The second kappa shape index (κ2) is 5.64. The van der Waals surface area contributed by atoms with Crippen molar-refractivity contribution in [1.29, 1.82) is 0 Å². The van der Waals surface area contributed by atoms with E-state index in [1.807, 2.05) is 0 Å². The number of aryl methyl sites for hydroxylation is 1. The van der Waals surface area contributed by atoms with E-state index >= 15 is 0 Å². The van der Waals surface area contributed by atoms with Crippen LogP contribution in [0.1, 0.15) is 10.4 Å². The topological polar surface area (TPSA) is 51.1 Å². The van der Waals surface area contributed by atoms with Crippen molar-refractivity contribution >= 4 is 22.5 Å². The molecule has 0 aliphatic rings. The molecule has 0 saturated heterocycles. The molecule has 116 valence electrons. The number of pyridine rings is 1. The monoisotopic (exact) mass is 314 g/mol. The first-order valence-corrected chi connectivity index (χ1v) is 6.82. The predicted molar refractivity (Wildman–Crippen MR) is 83.5 cm³/mol. The molecule has 23 heavy (non-hydrogen) atoms. The van der Waals surface area contributed by atoms with Crippen molar-refractivity contribution in [3.8, 4) is 0 Å². The third-order valence-electron chi connectivity index (χ3n) is 3.58. The third-order valence-corrected chi connectivity index (χ3v) is 3.58. The fraction of sp³-hybridized carbons (Fsp3) is 0.0588. The highest BCUT2D eigenvalue weighted by molar-refractivity contribution is 6.12. The van der Waals surface area contributed by atoms with Gasteiger partial charge in [0.2, 0.25) is 0 Å². The van der Waals surface area contributed by atoms with Crippen LogP contribution in [0.2, 0.25) is 0 Å². The highest BCUT2D eigenvalue weighted by atomic mass is 19.2. The molecule has 0 aliphatic carbocycles. The predicted octanol–water partition coefficient (Wildman–Crippen LogP) is 3.07. The van der Waals surface area contributed by atoms with Gasteiger partial charge in [-0.2, -0.15) is 0 Å². The quantitative estimate of drug-likeness (QED) is 0.790. The summed E-state index contributed by atoms with van der Waals surface area (Å²) in [7, 11) is 1.61. The van der Waals surface area contributed by atoms with E-state index in [1.165, 1.54) is 16.7 Å². The molecule has 6 heteroatoms. The zero-order valence-corrected chi connectivity index (χ0v) is 12.1. The molecule has 1 heterocycles. The van der Waals surface area contributed by atoms with Crippen molar-refractivity contribution in [1.82, 2.24) is 4.57 Å². The van der Waals surface area contributed by atoms with E-state index in [1.54, 1.807) is 31.3 Å². The summed E-state index contributed by atoms with van der Waals surface area (Å²) in [6, 6.07) is 11.2. The van der Waals surface area contributed by atoms with Gasteiger partial charge in [-0.15, -0.1) is 0 Å². The van der Waals surface area contributed by atoms with Gasteiger partial charge in [-0.05, 0) is 18.2 Å². The maximum Gasteiger partial charge on any atom is 0.256 e. The van der Waals surface area contributed by atoms with Crippen molar-refractivity contribution in [3.05, 3.63) is 76.1 Å². The van der Waals surface area contributed by atoms with Crippen molar-refractivity contribution < 1.29 is 13.6 Å². The molecule has 0 unspecified atom stereocenters. The normalized spacial score (nSPS) is 10.7. The van der Waals surface area contributed by atoms with E-state index in [9.17, 15) is 18.4 Å². The van der Waals surface area contributed by atoms with E-state index in [0.717, 1.165) is 12.1 Å². The zero-order valence-electron chi connectivity index (χ0n) is 12.1. The number of fused-ring (bicyclic) bond motifs is 1. The van der Waals surface area contributed by atoms with Crippen LogP contribution in [-0.4, -0.2) is 10.5 Å². The molecule has 4 nitrogen and oxygen atoms in total. The number of hydrogen-bond acceptors (Lipinski definition) is 2. The first kappa shape index (κ1) is 14.9. The lowest BCUT2D eigenvalue weighted by atomic mass is 10.1. The fourth-order valence-electron chi connectivity index (χ4n) is 2.37. The number of rotatable bonds is 2. The van der Waals surface area contributed by atoms with Crippen LogP contribution in [0.4, 0.5) is 14.5 Å². The molecule has 1 N–H and O–H groups in total. The molecule has 0 atom stereocenters. The van der Waals surface area contributed by atoms with Crippen LogP contribution in [0.25, 0.3) is 10.9 Å². The molecule has 0 bridgehead atoms. The fourth-order valence-corrected chi connectivity index (χ4v) is 2.37. The Kier molecular flexibility index (Phi) is 3.65. The Morgan fingerprint density at radius 3 is 2.52 bits per heavy atom. The van der Waals surface area contributed by atoms with Crippen LogP contribution in [0.5, 0.6) is 0 Å². The zero-order chi connectivity index (χ0) is 16.6. The van der Waals surface area contributed by atoms with E-state index < -0.39 is 17.5 Å². The minimum Gasteiger partial charge on any atom is -0.322 e. The number of carbonyl (C=O) groups is 1. The number of benzene rings is 2.